The molecule has 1 aromatic rings. The van der Waals surface area contributed by atoms with E-state index in [0.717, 1.165) is 0 Å². The van der Waals surface area contributed by atoms with Gasteiger partial charge in [0.05, 0.1) is 7.11 Å². The van der Waals surface area contributed by atoms with Crippen molar-refractivity contribution in [3.8, 4) is 0 Å². The summed E-state index contributed by atoms with van der Waals surface area (Å²) < 4.78 is 18.1. The smallest absolute Gasteiger partial charge is 0.341 e. The Hall–Kier alpha value is -0.550. The number of benzene rings is 1. The minimum Gasteiger partial charge on any atom is -0.465 e. The molecule has 5 heteroatoms. The van der Waals surface area contributed by atoms with Crippen molar-refractivity contribution >= 4 is 34.5 Å². The summed E-state index contributed by atoms with van der Waals surface area (Å²) in [5.41, 5.74) is -0.144. The fourth-order valence-corrected chi connectivity index (χ4v) is 1.81. The predicted octanol–water partition coefficient (Wildman–Crippen LogP) is 2.66. The van der Waals surface area contributed by atoms with Crippen LogP contribution in [0, 0.1) is 5.82 Å². The molecule has 0 aromatic heterocycles. The molecule has 70 valence electrons. The molecule has 1 rings (SSSR count). The van der Waals surface area contributed by atoms with E-state index < -0.39 is 11.8 Å². The molecule has 0 amide bonds. The van der Waals surface area contributed by atoms with Gasteiger partial charge in [-0.15, -0.1) is 12.6 Å². The molecule has 0 spiro atoms. The summed E-state index contributed by atoms with van der Waals surface area (Å²) in [5, 5.41) is 0. The van der Waals surface area contributed by atoms with E-state index in [1.165, 1.54) is 19.2 Å². The van der Waals surface area contributed by atoms with Crippen molar-refractivity contribution < 1.29 is 13.9 Å². The van der Waals surface area contributed by atoms with Gasteiger partial charge in [-0.05, 0) is 12.1 Å². The fourth-order valence-electron chi connectivity index (χ4n) is 0.864. The Morgan fingerprint density at radius 1 is 1.62 bits per heavy atom. The zero-order valence-electron chi connectivity index (χ0n) is 6.67. The largest absolute Gasteiger partial charge is 0.465 e. The van der Waals surface area contributed by atoms with Gasteiger partial charge < -0.3 is 4.74 Å². The summed E-state index contributed by atoms with van der Waals surface area (Å²) in [6, 6.07) is 2.71. The lowest BCUT2D eigenvalue weighted by Crippen LogP contribution is -2.05. The van der Waals surface area contributed by atoms with Crippen LogP contribution in [0.1, 0.15) is 10.4 Å². The molecule has 0 saturated carbocycles. The van der Waals surface area contributed by atoms with Crippen LogP contribution in [0.4, 0.5) is 4.39 Å². The van der Waals surface area contributed by atoms with Crippen molar-refractivity contribution in [3.63, 3.8) is 0 Å². The molecule has 0 N–H and O–H groups in total. The predicted molar refractivity (Wildman–Crippen MR) is 52.7 cm³/mol. The van der Waals surface area contributed by atoms with Crippen molar-refractivity contribution in [1.82, 2.24) is 0 Å². The average molecular weight is 265 g/mol. The molecule has 0 saturated heterocycles. The quantitative estimate of drug-likeness (QED) is 0.624. The van der Waals surface area contributed by atoms with Gasteiger partial charge in [0.2, 0.25) is 0 Å². The summed E-state index contributed by atoms with van der Waals surface area (Å²) in [7, 11) is 1.19. The molecule has 1 aromatic carbocycles. The van der Waals surface area contributed by atoms with Crippen LogP contribution in [-0.4, -0.2) is 13.1 Å². The SMILES string of the molecule is COC(=O)c1c(F)cc(Br)cc1S. The molecule has 0 aliphatic carbocycles. The molecule has 13 heavy (non-hydrogen) atoms. The van der Waals surface area contributed by atoms with Crippen LogP contribution in [-0.2, 0) is 4.74 Å². The van der Waals surface area contributed by atoms with Gasteiger partial charge in [0.15, 0.2) is 0 Å². The highest BCUT2D eigenvalue weighted by molar-refractivity contribution is 9.10. The number of thiol groups is 1. The molecule has 0 atom stereocenters. The second kappa shape index (κ2) is 4.11. The standard InChI is InChI=1S/C8H6BrFO2S/c1-12-8(11)7-5(10)2-4(9)3-6(7)13/h2-3,13H,1H3. The minimum absolute atomic E-state index is 0.144. The van der Waals surface area contributed by atoms with Crippen LogP contribution < -0.4 is 0 Å². The van der Waals surface area contributed by atoms with Crippen LogP contribution in [0.15, 0.2) is 21.5 Å². The molecule has 0 unspecified atom stereocenters. The van der Waals surface area contributed by atoms with E-state index in [2.05, 4.69) is 33.3 Å². The first-order valence-electron chi connectivity index (χ1n) is 3.32. The minimum atomic E-state index is -0.727. The van der Waals surface area contributed by atoms with E-state index in [1.54, 1.807) is 0 Å². The van der Waals surface area contributed by atoms with Crippen LogP contribution in [0.5, 0.6) is 0 Å². The molecular weight excluding hydrogens is 259 g/mol. The number of hydrogen-bond acceptors (Lipinski definition) is 3. The van der Waals surface area contributed by atoms with Crippen molar-refractivity contribution in [3.05, 3.63) is 28.0 Å². The molecule has 0 heterocycles. The van der Waals surface area contributed by atoms with Gasteiger partial charge in [0.25, 0.3) is 0 Å². The lowest BCUT2D eigenvalue weighted by Gasteiger charge is -2.04. The molecule has 0 aliphatic heterocycles. The number of carbonyl (C=O) groups excluding carboxylic acids is 1. The van der Waals surface area contributed by atoms with Crippen LogP contribution in [0.2, 0.25) is 0 Å². The Morgan fingerprint density at radius 3 is 2.69 bits per heavy atom. The molecule has 0 fully saturated rings. The maximum absolute atomic E-state index is 13.2. The highest BCUT2D eigenvalue weighted by atomic mass is 79.9. The number of methoxy groups -OCH3 is 1. The van der Waals surface area contributed by atoms with E-state index >= 15 is 0 Å². The molecule has 0 bridgehead atoms. The van der Waals surface area contributed by atoms with Gasteiger partial charge in [-0.2, -0.15) is 0 Å². The Balaban J connectivity index is 3.28. The summed E-state index contributed by atoms with van der Waals surface area (Å²) in [4.78, 5) is 11.3. The number of carbonyl (C=O) groups is 1. The number of esters is 1. The van der Waals surface area contributed by atoms with E-state index in [-0.39, 0.29) is 10.5 Å². The topological polar surface area (TPSA) is 26.3 Å². The van der Waals surface area contributed by atoms with Gasteiger partial charge in [-0.25, -0.2) is 9.18 Å². The van der Waals surface area contributed by atoms with Crippen LogP contribution in [0.3, 0.4) is 0 Å². The zero-order valence-corrected chi connectivity index (χ0v) is 9.15. The van der Waals surface area contributed by atoms with Crippen molar-refractivity contribution in [2.45, 2.75) is 4.90 Å². The van der Waals surface area contributed by atoms with Crippen molar-refractivity contribution in [2.75, 3.05) is 7.11 Å². The van der Waals surface area contributed by atoms with Crippen LogP contribution in [0.25, 0.3) is 0 Å². The molecule has 0 aliphatic rings. The second-order valence-electron chi connectivity index (χ2n) is 2.27. The van der Waals surface area contributed by atoms with Gasteiger partial charge in [-0.3, -0.25) is 0 Å². The summed E-state index contributed by atoms with van der Waals surface area (Å²) in [6.07, 6.45) is 0. The number of ether oxygens (including phenoxy) is 1. The first-order chi connectivity index (χ1) is 6.06. The second-order valence-corrected chi connectivity index (χ2v) is 3.67. The van der Waals surface area contributed by atoms with E-state index in [4.69, 9.17) is 0 Å². The third-order valence-corrected chi connectivity index (χ3v) is 2.23. The third-order valence-electron chi connectivity index (χ3n) is 1.42. The highest BCUT2D eigenvalue weighted by Gasteiger charge is 2.16. The zero-order chi connectivity index (χ0) is 10.0. The molecule has 0 radical (unpaired) electrons. The number of hydrogen-bond donors (Lipinski definition) is 1. The maximum atomic E-state index is 13.2. The van der Waals surface area contributed by atoms with Gasteiger partial charge in [0.1, 0.15) is 11.4 Å². The van der Waals surface area contributed by atoms with Gasteiger partial charge >= 0.3 is 5.97 Å². The van der Waals surface area contributed by atoms with Crippen molar-refractivity contribution in [2.24, 2.45) is 0 Å². The Bertz CT molecular complexity index is 331. The fraction of sp³-hybridized carbons (Fsp3) is 0.125. The average Bonchev–Trinajstić information content (AvgIpc) is 2.02. The number of rotatable bonds is 1. The van der Waals surface area contributed by atoms with Crippen molar-refractivity contribution in [1.29, 1.82) is 0 Å². The van der Waals surface area contributed by atoms with Gasteiger partial charge in [0, 0.05) is 9.37 Å². The summed E-state index contributed by atoms with van der Waals surface area (Å²) >= 11 is 7.04. The van der Waals surface area contributed by atoms with E-state index in [9.17, 15) is 9.18 Å². The van der Waals surface area contributed by atoms with E-state index in [0.29, 0.717) is 4.47 Å². The lowest BCUT2D eigenvalue weighted by molar-refractivity contribution is 0.0591. The molecule has 2 nitrogen and oxygen atoms in total. The number of halogens is 2. The summed E-state index contributed by atoms with van der Waals surface area (Å²) in [6.45, 7) is 0. The van der Waals surface area contributed by atoms with Crippen LogP contribution >= 0.6 is 28.6 Å². The third kappa shape index (κ3) is 2.22. The van der Waals surface area contributed by atoms with Gasteiger partial charge in [-0.1, -0.05) is 15.9 Å². The molecular formula is C8H6BrFO2S. The lowest BCUT2D eigenvalue weighted by atomic mass is 10.2. The monoisotopic (exact) mass is 264 g/mol. The Morgan fingerprint density at radius 2 is 2.23 bits per heavy atom. The Kier molecular flexibility index (Phi) is 3.33. The normalized spacial score (nSPS) is 9.85. The maximum Gasteiger partial charge on any atom is 0.341 e. The van der Waals surface area contributed by atoms with E-state index in [1.807, 2.05) is 0 Å². The Labute approximate surface area is 88.6 Å². The summed E-state index contributed by atoms with van der Waals surface area (Å²) in [5.74, 6) is -1.37. The first-order valence-corrected chi connectivity index (χ1v) is 4.56. The highest BCUT2D eigenvalue weighted by Crippen LogP contribution is 2.23. The first kappa shape index (κ1) is 10.5.